The number of benzene rings is 1. The predicted octanol–water partition coefficient (Wildman–Crippen LogP) is 3.41. The van der Waals surface area contributed by atoms with E-state index in [0.29, 0.717) is 0 Å². The molecule has 0 atom stereocenters. The molecule has 1 heterocycles. The van der Waals surface area contributed by atoms with E-state index in [-0.39, 0.29) is 0 Å². The second-order valence-electron chi connectivity index (χ2n) is 4.30. The first-order chi connectivity index (χ1) is 8.75. The number of nitrogens with zero attached hydrogens (tertiary/aromatic N) is 1. The molecule has 0 bridgehead atoms. The number of hydrogen-bond donors (Lipinski definition) is 0. The molecule has 1 fully saturated rings. The third-order valence-corrected chi connectivity index (χ3v) is 4.28. The van der Waals surface area contributed by atoms with Gasteiger partial charge < -0.3 is 0 Å². The number of likely N-dealkylation sites (tertiary alicyclic amines) is 1. The molecule has 1 aliphatic heterocycles. The second-order valence-corrected chi connectivity index (χ2v) is 6.10. The topological polar surface area (TPSA) is 3.24 Å². The van der Waals surface area contributed by atoms with Crippen LogP contribution in [0.2, 0.25) is 0 Å². The first-order valence-corrected chi connectivity index (χ1v) is 7.80. The summed E-state index contributed by atoms with van der Waals surface area (Å²) in [6.07, 6.45) is 11.0. The van der Waals surface area contributed by atoms with E-state index >= 15 is 0 Å². The Morgan fingerprint density at radius 1 is 1.11 bits per heavy atom. The summed E-state index contributed by atoms with van der Waals surface area (Å²) in [7, 11) is 0. The SMILES string of the molecule is [Se]=C(/C=C/C=C/c1ccc(Br)cc1)N1CCCC1. The number of hydrogen-bond acceptors (Lipinski definition) is 1. The van der Waals surface area contributed by atoms with Crippen molar-refractivity contribution in [2.45, 2.75) is 12.8 Å². The van der Waals surface area contributed by atoms with Crippen LogP contribution in [-0.2, 0) is 0 Å². The van der Waals surface area contributed by atoms with Crippen molar-refractivity contribution < 1.29 is 0 Å². The number of halogens is 1. The van der Waals surface area contributed by atoms with Gasteiger partial charge in [-0.05, 0) is 0 Å². The van der Waals surface area contributed by atoms with Crippen LogP contribution >= 0.6 is 15.9 Å². The minimum absolute atomic E-state index is 1.11. The van der Waals surface area contributed by atoms with Crippen LogP contribution in [0.5, 0.6) is 0 Å². The van der Waals surface area contributed by atoms with Gasteiger partial charge in [-0.1, -0.05) is 0 Å². The number of rotatable bonds is 4. The molecule has 0 aliphatic carbocycles. The van der Waals surface area contributed by atoms with Gasteiger partial charge in [-0.3, -0.25) is 0 Å². The van der Waals surface area contributed by atoms with Gasteiger partial charge in [-0.2, -0.15) is 0 Å². The van der Waals surface area contributed by atoms with Crippen LogP contribution in [0.15, 0.2) is 47.0 Å². The van der Waals surface area contributed by atoms with Gasteiger partial charge in [-0.15, -0.1) is 0 Å². The average Bonchev–Trinajstić information content (AvgIpc) is 2.90. The van der Waals surface area contributed by atoms with Crippen LogP contribution in [0.3, 0.4) is 0 Å². The summed E-state index contributed by atoms with van der Waals surface area (Å²) in [5.41, 5.74) is 1.21. The molecule has 3 heteroatoms. The van der Waals surface area contributed by atoms with Gasteiger partial charge in [0.05, 0.1) is 0 Å². The summed E-state index contributed by atoms with van der Waals surface area (Å²) in [6, 6.07) is 8.30. The van der Waals surface area contributed by atoms with E-state index in [1.165, 1.54) is 36.0 Å². The van der Waals surface area contributed by atoms with Crippen LogP contribution in [-0.4, -0.2) is 38.1 Å². The van der Waals surface area contributed by atoms with E-state index in [2.05, 4.69) is 85.0 Å². The molecular weight excluding hydrogens is 353 g/mol. The normalized spacial score (nSPS) is 15.9. The van der Waals surface area contributed by atoms with Crippen LogP contribution < -0.4 is 0 Å². The van der Waals surface area contributed by atoms with Crippen molar-refractivity contribution in [3.8, 4) is 0 Å². The monoisotopic (exact) mass is 369 g/mol. The van der Waals surface area contributed by atoms with Gasteiger partial charge in [0.25, 0.3) is 0 Å². The molecule has 2 rings (SSSR count). The Bertz CT molecular complexity index is 456. The quantitative estimate of drug-likeness (QED) is 0.581. The third kappa shape index (κ3) is 4.24. The molecule has 1 aliphatic rings. The van der Waals surface area contributed by atoms with E-state index in [1.54, 1.807) is 0 Å². The maximum atomic E-state index is 3.43. The maximum absolute atomic E-state index is 3.43. The zero-order valence-corrected chi connectivity index (χ0v) is 13.5. The fourth-order valence-electron chi connectivity index (χ4n) is 1.92. The van der Waals surface area contributed by atoms with Crippen LogP contribution in [0.4, 0.5) is 0 Å². The van der Waals surface area contributed by atoms with E-state index in [1.807, 2.05) is 0 Å². The molecule has 0 aromatic heterocycles. The molecule has 1 nitrogen and oxygen atoms in total. The van der Waals surface area contributed by atoms with Gasteiger partial charge in [-0.25, -0.2) is 0 Å². The van der Waals surface area contributed by atoms with Crippen LogP contribution in [0.1, 0.15) is 18.4 Å². The van der Waals surface area contributed by atoms with Gasteiger partial charge in [0.2, 0.25) is 0 Å². The van der Waals surface area contributed by atoms with E-state index < -0.39 is 0 Å². The van der Waals surface area contributed by atoms with Gasteiger partial charge in [0.15, 0.2) is 0 Å². The summed E-state index contributed by atoms with van der Waals surface area (Å²) in [5.74, 6) is 0. The van der Waals surface area contributed by atoms with Gasteiger partial charge in [0.1, 0.15) is 0 Å². The average molecular weight is 369 g/mol. The van der Waals surface area contributed by atoms with Crippen LogP contribution in [0.25, 0.3) is 6.08 Å². The fourth-order valence-corrected chi connectivity index (χ4v) is 2.73. The van der Waals surface area contributed by atoms with Crippen molar-refractivity contribution in [3.63, 3.8) is 0 Å². The Morgan fingerprint density at radius 2 is 1.78 bits per heavy atom. The van der Waals surface area contributed by atoms with Crippen molar-refractivity contribution in [2.75, 3.05) is 13.1 Å². The van der Waals surface area contributed by atoms with Crippen molar-refractivity contribution in [1.29, 1.82) is 0 Å². The zero-order valence-electron chi connectivity index (χ0n) is 10.2. The Kier molecular flexibility index (Phi) is 5.43. The Hall–Kier alpha value is -0.631. The number of allylic oxidation sites excluding steroid dienone is 2. The van der Waals surface area contributed by atoms with Crippen molar-refractivity contribution in [1.82, 2.24) is 4.90 Å². The molecular formula is C15H16BrNSe. The molecule has 0 spiro atoms. The fraction of sp³-hybridized carbons (Fsp3) is 0.267. The van der Waals surface area contributed by atoms with Crippen molar-refractivity contribution in [2.24, 2.45) is 0 Å². The molecule has 0 amide bonds. The molecule has 1 saturated heterocycles. The van der Waals surface area contributed by atoms with Crippen LogP contribution in [0, 0.1) is 0 Å². The molecule has 0 unspecified atom stereocenters. The second kappa shape index (κ2) is 7.08. The Balaban J connectivity index is 1.86. The summed E-state index contributed by atoms with van der Waals surface area (Å²) in [5, 5.41) is 0. The molecule has 94 valence electrons. The standard InChI is InChI=1S/C15H16BrNSe/c16-14-9-7-13(8-10-14)5-1-2-6-15(18)17-11-3-4-12-17/h1-2,5-10H,3-4,11-12H2/b5-1+,6-2+. The zero-order chi connectivity index (χ0) is 12.8. The first-order valence-electron chi connectivity index (χ1n) is 6.15. The Morgan fingerprint density at radius 3 is 2.44 bits per heavy atom. The van der Waals surface area contributed by atoms with Gasteiger partial charge >= 0.3 is 125 Å². The third-order valence-electron chi connectivity index (χ3n) is 2.93. The molecule has 0 radical (unpaired) electrons. The summed E-state index contributed by atoms with van der Waals surface area (Å²) in [6.45, 7) is 2.37. The molecule has 18 heavy (non-hydrogen) atoms. The minimum atomic E-state index is 1.11. The molecule has 0 saturated carbocycles. The Labute approximate surface area is 125 Å². The predicted molar refractivity (Wildman–Crippen MR) is 83.9 cm³/mol. The summed E-state index contributed by atoms with van der Waals surface area (Å²) in [4.78, 5) is 2.39. The van der Waals surface area contributed by atoms with Crippen molar-refractivity contribution in [3.05, 3.63) is 52.5 Å². The van der Waals surface area contributed by atoms with Crippen molar-refractivity contribution >= 4 is 42.1 Å². The molecule has 0 N–H and O–H groups in total. The van der Waals surface area contributed by atoms with Gasteiger partial charge in [0, 0.05) is 0 Å². The van der Waals surface area contributed by atoms with E-state index in [9.17, 15) is 0 Å². The van der Waals surface area contributed by atoms with E-state index in [4.69, 9.17) is 0 Å². The molecule has 1 aromatic rings. The first kappa shape index (κ1) is 13.8. The van der Waals surface area contributed by atoms with E-state index in [0.717, 1.165) is 4.47 Å². The summed E-state index contributed by atoms with van der Waals surface area (Å²) < 4.78 is 2.36. The molecule has 1 aromatic carbocycles. The summed E-state index contributed by atoms with van der Waals surface area (Å²) >= 11 is 6.57.